The van der Waals surface area contributed by atoms with Gasteiger partial charge in [0.2, 0.25) is 0 Å². The van der Waals surface area contributed by atoms with E-state index in [2.05, 4.69) is 0 Å². The lowest BCUT2D eigenvalue weighted by Crippen LogP contribution is -2.42. The molecular formula is C16H6ClF9N2O2. The van der Waals surface area contributed by atoms with E-state index < -0.39 is 64.1 Å². The first-order valence-electron chi connectivity index (χ1n) is 7.36. The van der Waals surface area contributed by atoms with E-state index in [9.17, 15) is 49.1 Å². The van der Waals surface area contributed by atoms with E-state index in [1.54, 1.807) is 0 Å². The van der Waals surface area contributed by atoms with Crippen LogP contribution in [0.2, 0.25) is 0 Å². The molecule has 0 atom stereocenters. The number of benzene rings is 2. The van der Waals surface area contributed by atoms with Gasteiger partial charge in [-0.15, -0.1) is 0 Å². The number of anilines is 1. The largest absolute Gasteiger partial charge is 0.458 e. The van der Waals surface area contributed by atoms with Gasteiger partial charge in [-0.05, 0) is 12.1 Å². The standard InChI is InChI=1S/C16H6ClF9N2O2/c17-27-14(30)28(13(29)12-9(20)4-7(18)5-10(12)21)11-2-1-6(3-8(11)19)15(22,23)16(24,25)26/h1-5H,(H,27,30). The van der Waals surface area contributed by atoms with Crippen LogP contribution in [0.4, 0.5) is 50.0 Å². The lowest BCUT2D eigenvalue weighted by atomic mass is 10.1. The van der Waals surface area contributed by atoms with Crippen LogP contribution >= 0.6 is 11.8 Å². The third kappa shape index (κ3) is 4.15. The molecule has 30 heavy (non-hydrogen) atoms. The van der Waals surface area contributed by atoms with Gasteiger partial charge in [0.15, 0.2) is 0 Å². The topological polar surface area (TPSA) is 49.4 Å². The fourth-order valence-corrected chi connectivity index (χ4v) is 2.34. The molecule has 0 unspecified atom stereocenters. The van der Waals surface area contributed by atoms with Crippen molar-refractivity contribution in [3.8, 4) is 0 Å². The molecule has 0 aliphatic rings. The van der Waals surface area contributed by atoms with Gasteiger partial charge >= 0.3 is 18.1 Å². The summed E-state index contributed by atoms with van der Waals surface area (Å²) in [7, 11) is 0. The number of hydrogen-bond donors (Lipinski definition) is 1. The van der Waals surface area contributed by atoms with Crippen LogP contribution in [0.15, 0.2) is 30.3 Å². The molecule has 1 N–H and O–H groups in total. The van der Waals surface area contributed by atoms with Crippen LogP contribution in [0.1, 0.15) is 15.9 Å². The Morgan fingerprint density at radius 3 is 1.83 bits per heavy atom. The number of nitrogens with one attached hydrogen (secondary N) is 1. The maximum Gasteiger partial charge on any atom is 0.458 e. The summed E-state index contributed by atoms with van der Waals surface area (Å²) < 4.78 is 119. The minimum Gasteiger partial charge on any atom is -0.268 e. The average molecular weight is 465 g/mol. The van der Waals surface area contributed by atoms with Gasteiger partial charge in [0, 0.05) is 29.5 Å². The smallest absolute Gasteiger partial charge is 0.268 e. The minimum absolute atomic E-state index is 0.0328. The predicted octanol–water partition coefficient (Wildman–Crippen LogP) is 5.41. The highest BCUT2D eigenvalue weighted by atomic mass is 35.5. The van der Waals surface area contributed by atoms with E-state index in [1.807, 2.05) is 0 Å². The number of rotatable bonds is 3. The van der Waals surface area contributed by atoms with Gasteiger partial charge in [0.05, 0.1) is 5.69 Å². The number of carbonyl (C=O) groups excluding carboxylic acids is 2. The molecule has 0 radical (unpaired) electrons. The van der Waals surface area contributed by atoms with Crippen LogP contribution < -0.4 is 9.74 Å². The monoisotopic (exact) mass is 464 g/mol. The molecule has 0 aliphatic heterocycles. The lowest BCUT2D eigenvalue weighted by Gasteiger charge is -2.23. The molecule has 2 rings (SSSR count). The number of carbonyl (C=O) groups is 2. The van der Waals surface area contributed by atoms with Crippen molar-refractivity contribution in [1.82, 2.24) is 4.84 Å². The number of halogens is 10. The highest BCUT2D eigenvalue weighted by Gasteiger charge is 2.58. The summed E-state index contributed by atoms with van der Waals surface area (Å²) in [5.74, 6) is -14.5. The van der Waals surface area contributed by atoms with Crippen LogP contribution in [-0.4, -0.2) is 18.1 Å². The Balaban J connectivity index is 2.62. The van der Waals surface area contributed by atoms with Crippen LogP contribution in [0.5, 0.6) is 0 Å². The van der Waals surface area contributed by atoms with Crippen LogP contribution in [0, 0.1) is 23.3 Å². The van der Waals surface area contributed by atoms with Crippen molar-refractivity contribution in [2.75, 3.05) is 4.90 Å². The van der Waals surface area contributed by atoms with Crippen LogP contribution in [0.3, 0.4) is 0 Å². The van der Waals surface area contributed by atoms with E-state index in [0.717, 1.165) is 0 Å². The molecule has 4 nitrogen and oxygen atoms in total. The lowest BCUT2D eigenvalue weighted by molar-refractivity contribution is -0.289. The van der Waals surface area contributed by atoms with Gasteiger partial charge in [-0.2, -0.15) is 22.0 Å². The van der Waals surface area contributed by atoms with Crippen molar-refractivity contribution >= 4 is 29.4 Å². The van der Waals surface area contributed by atoms with Crippen molar-refractivity contribution in [3.05, 3.63) is 64.7 Å². The van der Waals surface area contributed by atoms with Gasteiger partial charge in [-0.25, -0.2) is 32.1 Å². The Kier molecular flexibility index (Phi) is 6.26. The number of imide groups is 1. The Bertz CT molecular complexity index is 988. The predicted molar refractivity (Wildman–Crippen MR) is 83.9 cm³/mol. The third-order valence-corrected chi connectivity index (χ3v) is 3.78. The zero-order valence-electron chi connectivity index (χ0n) is 13.9. The third-order valence-electron chi connectivity index (χ3n) is 3.61. The minimum atomic E-state index is -6.09. The van der Waals surface area contributed by atoms with Crippen LogP contribution in [-0.2, 0) is 5.92 Å². The molecule has 3 amide bonds. The summed E-state index contributed by atoms with van der Waals surface area (Å²) in [5, 5.41) is 0. The maximum absolute atomic E-state index is 14.3. The fourth-order valence-electron chi connectivity index (χ4n) is 2.26. The molecule has 2 aromatic rings. The number of hydrogen-bond acceptors (Lipinski definition) is 2. The maximum atomic E-state index is 14.3. The summed E-state index contributed by atoms with van der Waals surface area (Å²) in [6.45, 7) is 0. The van der Waals surface area contributed by atoms with Gasteiger partial charge in [-0.1, -0.05) is 6.07 Å². The van der Waals surface area contributed by atoms with Crippen molar-refractivity contribution in [3.63, 3.8) is 0 Å². The van der Waals surface area contributed by atoms with Gasteiger partial charge in [-0.3, -0.25) is 4.79 Å². The van der Waals surface area contributed by atoms with E-state index in [1.165, 1.54) is 4.84 Å². The molecule has 0 bridgehead atoms. The van der Waals surface area contributed by atoms with Crippen LogP contribution in [0.25, 0.3) is 0 Å². The second kappa shape index (κ2) is 8.05. The highest BCUT2D eigenvalue weighted by molar-refractivity contribution is 6.29. The van der Waals surface area contributed by atoms with Crippen molar-refractivity contribution in [2.45, 2.75) is 12.1 Å². The Morgan fingerprint density at radius 1 is 0.867 bits per heavy atom. The van der Waals surface area contributed by atoms with E-state index in [0.29, 0.717) is 0 Å². The van der Waals surface area contributed by atoms with Crippen molar-refractivity contribution in [1.29, 1.82) is 0 Å². The van der Waals surface area contributed by atoms with E-state index >= 15 is 0 Å². The highest BCUT2D eigenvalue weighted by Crippen LogP contribution is 2.44. The van der Waals surface area contributed by atoms with Crippen molar-refractivity contribution in [2.24, 2.45) is 0 Å². The normalized spacial score (nSPS) is 11.9. The first-order chi connectivity index (χ1) is 13.7. The molecule has 0 fully saturated rings. The molecule has 162 valence electrons. The Labute approximate surface area is 165 Å². The second-order valence-electron chi connectivity index (χ2n) is 5.52. The first kappa shape index (κ1) is 23.3. The number of alkyl halides is 5. The molecule has 0 aliphatic carbocycles. The Morgan fingerprint density at radius 2 is 1.40 bits per heavy atom. The first-order valence-corrected chi connectivity index (χ1v) is 7.74. The summed E-state index contributed by atoms with van der Waals surface area (Å²) in [6.07, 6.45) is -6.09. The zero-order chi connectivity index (χ0) is 23.0. The van der Waals surface area contributed by atoms with E-state index in [-0.39, 0.29) is 35.2 Å². The fraction of sp³-hybridized carbons (Fsp3) is 0.125. The average Bonchev–Trinajstić information content (AvgIpc) is 2.61. The number of nitrogens with zero attached hydrogens (tertiary/aromatic N) is 1. The summed E-state index contributed by atoms with van der Waals surface area (Å²) in [4.78, 5) is 25.2. The summed E-state index contributed by atoms with van der Waals surface area (Å²) in [5.41, 5.74) is -4.71. The molecule has 2 aromatic carbocycles. The van der Waals surface area contributed by atoms with Gasteiger partial charge < -0.3 is 0 Å². The second-order valence-corrected chi connectivity index (χ2v) is 5.71. The zero-order valence-corrected chi connectivity index (χ0v) is 14.7. The summed E-state index contributed by atoms with van der Waals surface area (Å²) in [6, 6.07) is -1.79. The molecule has 0 spiro atoms. The molecule has 14 heteroatoms. The Hall–Kier alpha value is -2.96. The molecule has 0 saturated heterocycles. The molecular weight excluding hydrogens is 459 g/mol. The van der Waals surface area contributed by atoms with Crippen molar-refractivity contribution < 1.29 is 49.1 Å². The number of urea groups is 1. The van der Waals surface area contributed by atoms with E-state index in [4.69, 9.17) is 11.8 Å². The molecule has 0 saturated carbocycles. The van der Waals surface area contributed by atoms with Gasteiger partial charge in [0.25, 0.3) is 5.91 Å². The molecule has 0 aromatic heterocycles. The SMILES string of the molecule is O=C(NCl)N(C(=O)c1c(F)cc(F)cc1F)c1ccc(C(F)(F)C(F)(F)F)cc1F. The summed E-state index contributed by atoms with van der Waals surface area (Å²) >= 11 is 5.02. The quantitative estimate of drug-likeness (QED) is 0.488. The number of amides is 3. The molecule has 0 heterocycles. The van der Waals surface area contributed by atoms with Gasteiger partial charge in [0.1, 0.15) is 28.8 Å².